The van der Waals surface area contributed by atoms with E-state index in [1.807, 2.05) is 0 Å². The maximum atomic E-state index is 11.6. The van der Waals surface area contributed by atoms with Crippen molar-refractivity contribution in [3.8, 4) is 0 Å². The van der Waals surface area contributed by atoms with Gasteiger partial charge in [0.05, 0.1) is 26.4 Å². The number of nitrogens with one attached hydrogen (secondary N) is 2. The minimum Gasteiger partial charge on any atom is -0.377 e. The van der Waals surface area contributed by atoms with E-state index in [0.717, 1.165) is 19.3 Å². The van der Waals surface area contributed by atoms with Crippen molar-refractivity contribution < 1.29 is 23.9 Å². The first kappa shape index (κ1) is 24.5. The van der Waals surface area contributed by atoms with Crippen molar-refractivity contribution in [2.75, 3.05) is 39.5 Å². The lowest BCUT2D eigenvalue weighted by atomic mass is 10.1. The van der Waals surface area contributed by atoms with Gasteiger partial charge in [-0.15, -0.1) is 0 Å². The number of ketones is 1. The molecule has 0 aromatic heterocycles. The molecule has 0 rings (SSSR count). The van der Waals surface area contributed by atoms with Gasteiger partial charge in [-0.1, -0.05) is 40.5 Å². The van der Waals surface area contributed by atoms with E-state index >= 15 is 0 Å². The molecular weight excluding hydrogens is 336 g/mol. The van der Waals surface area contributed by atoms with Crippen LogP contribution in [0.15, 0.2) is 0 Å². The van der Waals surface area contributed by atoms with Crippen molar-refractivity contribution in [2.24, 2.45) is 11.8 Å². The molecule has 2 amide bonds. The molecular formula is C19H36N2O5. The highest BCUT2D eigenvalue weighted by atomic mass is 16.5. The summed E-state index contributed by atoms with van der Waals surface area (Å²) in [7, 11) is 0. The molecule has 152 valence electrons. The molecule has 0 aliphatic heterocycles. The maximum Gasteiger partial charge on any atom is 0.246 e. The Hall–Kier alpha value is -1.47. The number of amides is 2. The number of Topliss-reactive ketones (excluding diaryl/α,β-unsaturated/α-hetero) is 1. The minimum absolute atomic E-state index is 0.0105. The van der Waals surface area contributed by atoms with Gasteiger partial charge in [0, 0.05) is 18.9 Å². The van der Waals surface area contributed by atoms with Gasteiger partial charge >= 0.3 is 0 Å². The average Bonchev–Trinajstić information content (AvgIpc) is 2.58. The second kappa shape index (κ2) is 15.8. The van der Waals surface area contributed by atoms with Gasteiger partial charge in [-0.2, -0.15) is 0 Å². The van der Waals surface area contributed by atoms with Gasteiger partial charge in [0.1, 0.15) is 6.61 Å². The summed E-state index contributed by atoms with van der Waals surface area (Å²) in [6.45, 7) is 9.40. The normalized spacial score (nSPS) is 11.0. The van der Waals surface area contributed by atoms with Gasteiger partial charge in [0.25, 0.3) is 0 Å². The number of unbranched alkanes of at least 4 members (excludes halogenated alkanes) is 1. The Morgan fingerprint density at radius 1 is 0.846 bits per heavy atom. The number of hydrogen-bond donors (Lipinski definition) is 2. The van der Waals surface area contributed by atoms with Crippen LogP contribution in [0.3, 0.4) is 0 Å². The van der Waals surface area contributed by atoms with E-state index in [4.69, 9.17) is 9.47 Å². The van der Waals surface area contributed by atoms with Gasteiger partial charge in [-0.25, -0.2) is 0 Å². The molecule has 0 heterocycles. The van der Waals surface area contributed by atoms with Crippen LogP contribution < -0.4 is 10.6 Å². The van der Waals surface area contributed by atoms with Gasteiger partial charge in [-0.05, 0) is 12.3 Å². The highest BCUT2D eigenvalue weighted by Crippen LogP contribution is 2.07. The Labute approximate surface area is 157 Å². The predicted octanol–water partition coefficient (Wildman–Crippen LogP) is 1.69. The van der Waals surface area contributed by atoms with E-state index in [2.05, 4.69) is 24.5 Å². The lowest BCUT2D eigenvalue weighted by Gasteiger charge is -2.08. The quantitative estimate of drug-likeness (QED) is 0.402. The van der Waals surface area contributed by atoms with E-state index in [-0.39, 0.29) is 43.3 Å². The second-order valence-corrected chi connectivity index (χ2v) is 7.05. The third-order valence-electron chi connectivity index (χ3n) is 3.71. The number of carbonyl (C=O) groups excluding carboxylic acids is 3. The molecule has 0 spiro atoms. The van der Waals surface area contributed by atoms with Crippen LogP contribution in [0.25, 0.3) is 0 Å². The average molecular weight is 373 g/mol. The molecule has 0 aromatic rings. The van der Waals surface area contributed by atoms with Gasteiger partial charge < -0.3 is 20.1 Å². The van der Waals surface area contributed by atoms with Crippen molar-refractivity contribution >= 4 is 17.6 Å². The molecule has 0 aliphatic rings. The first-order valence-electron chi connectivity index (χ1n) is 9.54. The first-order valence-corrected chi connectivity index (χ1v) is 9.54. The maximum absolute atomic E-state index is 11.6. The van der Waals surface area contributed by atoms with Gasteiger partial charge in [0.15, 0.2) is 5.78 Å². The first-order chi connectivity index (χ1) is 12.3. The van der Waals surface area contributed by atoms with E-state index < -0.39 is 0 Å². The summed E-state index contributed by atoms with van der Waals surface area (Å²) >= 11 is 0. The summed E-state index contributed by atoms with van der Waals surface area (Å²) in [6.07, 6.45) is 3.72. The lowest BCUT2D eigenvalue weighted by Crippen LogP contribution is -2.34. The summed E-state index contributed by atoms with van der Waals surface area (Å²) in [5.74, 6) is 0.320. The van der Waals surface area contributed by atoms with Crippen LogP contribution in [0.1, 0.15) is 53.4 Å². The van der Waals surface area contributed by atoms with Crippen molar-refractivity contribution in [1.82, 2.24) is 10.6 Å². The Morgan fingerprint density at radius 3 is 2.19 bits per heavy atom. The standard InChI is InChI=1S/C19H36N2O5/c1-15(2)7-5-6-8-18(23)20-9-10-25-11-12-26-14-19(24)21-13-17(22)16(3)4/h15-16H,5-14H2,1-4H3,(H,20,23)(H,21,24). The molecule has 0 saturated heterocycles. The zero-order valence-corrected chi connectivity index (χ0v) is 16.8. The molecule has 0 unspecified atom stereocenters. The van der Waals surface area contributed by atoms with E-state index in [1.54, 1.807) is 13.8 Å². The Kier molecular flexibility index (Phi) is 14.9. The van der Waals surface area contributed by atoms with E-state index in [9.17, 15) is 14.4 Å². The molecule has 0 radical (unpaired) electrons. The van der Waals surface area contributed by atoms with Crippen LogP contribution in [-0.4, -0.2) is 57.1 Å². The van der Waals surface area contributed by atoms with Crippen LogP contribution >= 0.6 is 0 Å². The molecule has 0 aromatic carbocycles. The van der Waals surface area contributed by atoms with Crippen LogP contribution in [0.5, 0.6) is 0 Å². The fourth-order valence-electron chi connectivity index (χ4n) is 2.01. The molecule has 0 atom stereocenters. The summed E-state index contributed by atoms with van der Waals surface area (Å²) < 4.78 is 10.5. The summed E-state index contributed by atoms with van der Waals surface area (Å²) in [4.78, 5) is 34.4. The highest BCUT2D eigenvalue weighted by Gasteiger charge is 2.09. The smallest absolute Gasteiger partial charge is 0.246 e. The lowest BCUT2D eigenvalue weighted by molar-refractivity contribution is -0.129. The molecule has 7 nitrogen and oxygen atoms in total. The molecule has 26 heavy (non-hydrogen) atoms. The van der Waals surface area contributed by atoms with Crippen LogP contribution in [0.2, 0.25) is 0 Å². The zero-order chi connectivity index (χ0) is 19.8. The number of hydrogen-bond acceptors (Lipinski definition) is 5. The molecule has 2 N–H and O–H groups in total. The molecule has 7 heteroatoms. The summed E-state index contributed by atoms with van der Waals surface area (Å²) in [5.41, 5.74) is 0. The Bertz CT molecular complexity index is 411. The SMILES string of the molecule is CC(C)CCCCC(=O)NCCOCCOCC(=O)NCC(=O)C(C)C. The third-order valence-corrected chi connectivity index (χ3v) is 3.71. The second-order valence-electron chi connectivity index (χ2n) is 7.05. The van der Waals surface area contributed by atoms with Crippen molar-refractivity contribution in [1.29, 1.82) is 0 Å². The van der Waals surface area contributed by atoms with Gasteiger partial charge in [0.2, 0.25) is 11.8 Å². The molecule has 0 aliphatic carbocycles. The number of carbonyl (C=O) groups is 3. The third kappa shape index (κ3) is 16.0. The highest BCUT2D eigenvalue weighted by molar-refractivity contribution is 5.87. The van der Waals surface area contributed by atoms with Crippen LogP contribution in [0, 0.1) is 11.8 Å². The molecule has 0 saturated carbocycles. The fourth-order valence-corrected chi connectivity index (χ4v) is 2.01. The Morgan fingerprint density at radius 2 is 1.54 bits per heavy atom. The summed E-state index contributed by atoms with van der Waals surface area (Å²) in [6, 6.07) is 0. The predicted molar refractivity (Wildman–Crippen MR) is 101 cm³/mol. The van der Waals surface area contributed by atoms with Crippen molar-refractivity contribution in [3.63, 3.8) is 0 Å². The van der Waals surface area contributed by atoms with Crippen molar-refractivity contribution in [3.05, 3.63) is 0 Å². The topological polar surface area (TPSA) is 93.7 Å². The molecule has 0 fully saturated rings. The molecule has 0 bridgehead atoms. The number of rotatable bonds is 16. The van der Waals surface area contributed by atoms with E-state index in [1.165, 1.54) is 0 Å². The minimum atomic E-state index is -0.316. The fraction of sp³-hybridized carbons (Fsp3) is 0.842. The monoisotopic (exact) mass is 372 g/mol. The van der Waals surface area contributed by atoms with E-state index in [0.29, 0.717) is 32.1 Å². The Balaban J connectivity index is 3.39. The van der Waals surface area contributed by atoms with Crippen LogP contribution in [-0.2, 0) is 23.9 Å². The van der Waals surface area contributed by atoms with Crippen LogP contribution in [0.4, 0.5) is 0 Å². The largest absolute Gasteiger partial charge is 0.377 e. The summed E-state index contributed by atoms with van der Waals surface area (Å²) in [5, 5.41) is 5.33. The zero-order valence-electron chi connectivity index (χ0n) is 16.8. The van der Waals surface area contributed by atoms with Gasteiger partial charge in [-0.3, -0.25) is 14.4 Å². The van der Waals surface area contributed by atoms with Crippen molar-refractivity contribution in [2.45, 2.75) is 53.4 Å². The number of ether oxygens (including phenoxy) is 2.